The van der Waals surface area contributed by atoms with E-state index in [1.807, 2.05) is 6.92 Å². The summed E-state index contributed by atoms with van der Waals surface area (Å²) < 4.78 is 0. The van der Waals surface area contributed by atoms with Crippen molar-refractivity contribution >= 4 is 5.84 Å². The molecule has 0 radical (unpaired) electrons. The van der Waals surface area contributed by atoms with Crippen LogP contribution < -0.4 is 5.73 Å². The lowest BCUT2D eigenvalue weighted by atomic mass is 10.1. The Kier molecular flexibility index (Phi) is 9.69. The minimum Gasteiger partial charge on any atom is -0.409 e. The highest BCUT2D eigenvalue weighted by Gasteiger charge is 2.12. The highest BCUT2D eigenvalue weighted by molar-refractivity contribution is 5.82. The Morgan fingerprint density at radius 3 is 2.06 bits per heavy atom. The number of hydrogen-bond acceptors (Lipinski definition) is 4. The summed E-state index contributed by atoms with van der Waals surface area (Å²) in [6.07, 6.45) is 1.17. The molecule has 0 aromatic heterocycles. The first-order valence-corrected chi connectivity index (χ1v) is 7.01. The molecule has 0 saturated carbocycles. The molecule has 0 aliphatic carbocycles. The first kappa shape index (κ1) is 17.2. The van der Waals surface area contributed by atoms with Crippen molar-refractivity contribution in [2.24, 2.45) is 16.8 Å². The van der Waals surface area contributed by atoms with Gasteiger partial charge in [-0.3, -0.25) is 0 Å². The first-order valence-electron chi connectivity index (χ1n) is 7.01. The molecule has 5 heteroatoms. The fraction of sp³-hybridized carbons (Fsp3) is 0.923. The minimum absolute atomic E-state index is 0.100. The van der Waals surface area contributed by atoms with Crippen LogP contribution in [0.2, 0.25) is 0 Å². The van der Waals surface area contributed by atoms with Crippen molar-refractivity contribution in [1.29, 1.82) is 0 Å². The molecule has 0 fully saturated rings. The number of rotatable bonds is 10. The molecule has 0 rings (SSSR count). The molecule has 0 bridgehead atoms. The van der Waals surface area contributed by atoms with Crippen molar-refractivity contribution in [1.82, 2.24) is 9.80 Å². The van der Waals surface area contributed by atoms with Gasteiger partial charge in [-0.2, -0.15) is 0 Å². The quantitative estimate of drug-likeness (QED) is 0.269. The van der Waals surface area contributed by atoms with Crippen molar-refractivity contribution in [2.45, 2.75) is 34.1 Å². The highest BCUT2D eigenvalue weighted by atomic mass is 16.4. The second-order valence-corrected chi connectivity index (χ2v) is 4.70. The van der Waals surface area contributed by atoms with Gasteiger partial charge in [-0.25, -0.2) is 0 Å². The maximum absolute atomic E-state index is 8.64. The molecule has 0 aromatic carbocycles. The normalized spacial score (nSPS) is 14.4. The predicted octanol–water partition coefficient (Wildman–Crippen LogP) is 1.42. The van der Waals surface area contributed by atoms with Gasteiger partial charge in [-0.05, 0) is 39.1 Å². The van der Waals surface area contributed by atoms with Crippen LogP contribution in [0.3, 0.4) is 0 Å². The molecule has 0 spiro atoms. The lowest BCUT2D eigenvalue weighted by Crippen LogP contribution is -2.36. The summed E-state index contributed by atoms with van der Waals surface area (Å²) in [5, 5.41) is 11.7. The molecule has 0 amide bonds. The number of nitrogens with zero attached hydrogens (tertiary/aromatic N) is 3. The van der Waals surface area contributed by atoms with E-state index < -0.39 is 0 Å². The Morgan fingerprint density at radius 2 is 1.61 bits per heavy atom. The zero-order chi connectivity index (χ0) is 14.0. The summed E-state index contributed by atoms with van der Waals surface area (Å²) in [6.45, 7) is 14.8. The van der Waals surface area contributed by atoms with Gasteiger partial charge in [-0.15, -0.1) is 0 Å². The van der Waals surface area contributed by atoms with Crippen LogP contribution in [-0.2, 0) is 0 Å². The highest BCUT2D eigenvalue weighted by Crippen LogP contribution is 2.02. The Hall–Kier alpha value is -0.810. The third kappa shape index (κ3) is 6.81. The minimum atomic E-state index is 0.100. The summed E-state index contributed by atoms with van der Waals surface area (Å²) in [7, 11) is 0. The third-order valence-electron chi connectivity index (χ3n) is 3.44. The van der Waals surface area contributed by atoms with Crippen molar-refractivity contribution in [3.05, 3.63) is 0 Å². The molecule has 1 unspecified atom stereocenters. The molecule has 3 N–H and O–H groups in total. The summed E-state index contributed by atoms with van der Waals surface area (Å²) in [4.78, 5) is 4.78. The Morgan fingerprint density at radius 1 is 1.11 bits per heavy atom. The van der Waals surface area contributed by atoms with E-state index in [1.54, 1.807) is 0 Å². The standard InChI is InChI=1S/C13H30N4O/c1-5-16(6-2)9-8-10-17(7-3)11-12(4)13(14)15-18/h12,18H,5-11H2,1-4H3,(H2,14,15). The number of hydrogen-bond donors (Lipinski definition) is 2. The van der Waals surface area contributed by atoms with E-state index in [-0.39, 0.29) is 5.92 Å². The lowest BCUT2D eigenvalue weighted by molar-refractivity contribution is 0.233. The summed E-state index contributed by atoms with van der Waals surface area (Å²) in [5.41, 5.74) is 5.60. The molecule has 18 heavy (non-hydrogen) atoms. The van der Waals surface area contributed by atoms with Crippen LogP contribution >= 0.6 is 0 Å². The number of amidine groups is 1. The summed E-state index contributed by atoms with van der Waals surface area (Å²) in [5.74, 6) is 0.417. The van der Waals surface area contributed by atoms with Crippen LogP contribution in [0.5, 0.6) is 0 Å². The van der Waals surface area contributed by atoms with Gasteiger partial charge in [0, 0.05) is 12.5 Å². The molecule has 108 valence electrons. The van der Waals surface area contributed by atoms with E-state index in [0.717, 1.165) is 39.3 Å². The maximum Gasteiger partial charge on any atom is 0.143 e. The van der Waals surface area contributed by atoms with E-state index in [0.29, 0.717) is 5.84 Å². The SMILES string of the molecule is CCN(CC)CCCN(CC)CC(C)C(N)=NO. The lowest BCUT2D eigenvalue weighted by Gasteiger charge is -2.25. The Balaban J connectivity index is 3.97. The second kappa shape index (κ2) is 10.1. The van der Waals surface area contributed by atoms with Gasteiger partial charge in [0.15, 0.2) is 0 Å². The topological polar surface area (TPSA) is 65.1 Å². The van der Waals surface area contributed by atoms with Crippen LogP contribution in [0.1, 0.15) is 34.1 Å². The summed E-state index contributed by atoms with van der Waals surface area (Å²) >= 11 is 0. The summed E-state index contributed by atoms with van der Waals surface area (Å²) in [6, 6.07) is 0. The van der Waals surface area contributed by atoms with Gasteiger partial charge >= 0.3 is 0 Å². The van der Waals surface area contributed by atoms with Crippen molar-refractivity contribution in [2.75, 3.05) is 39.3 Å². The fourth-order valence-electron chi connectivity index (χ4n) is 2.02. The van der Waals surface area contributed by atoms with Crippen LogP contribution in [0.25, 0.3) is 0 Å². The van der Waals surface area contributed by atoms with Crippen LogP contribution in [0.4, 0.5) is 0 Å². The van der Waals surface area contributed by atoms with Gasteiger partial charge in [0.1, 0.15) is 5.84 Å². The van der Waals surface area contributed by atoms with E-state index in [9.17, 15) is 0 Å². The van der Waals surface area contributed by atoms with Crippen molar-refractivity contribution < 1.29 is 5.21 Å². The molecule has 0 heterocycles. The largest absolute Gasteiger partial charge is 0.409 e. The molecule has 0 aromatic rings. The van der Waals surface area contributed by atoms with Gasteiger partial charge in [0.2, 0.25) is 0 Å². The van der Waals surface area contributed by atoms with E-state index in [1.165, 1.54) is 6.42 Å². The number of nitrogens with two attached hydrogens (primary N) is 1. The fourth-order valence-corrected chi connectivity index (χ4v) is 2.02. The smallest absolute Gasteiger partial charge is 0.143 e. The van der Waals surface area contributed by atoms with Gasteiger partial charge in [0.25, 0.3) is 0 Å². The van der Waals surface area contributed by atoms with Crippen LogP contribution in [0.15, 0.2) is 5.16 Å². The van der Waals surface area contributed by atoms with E-state index in [4.69, 9.17) is 10.9 Å². The Labute approximate surface area is 112 Å². The average molecular weight is 258 g/mol. The zero-order valence-electron chi connectivity index (χ0n) is 12.4. The van der Waals surface area contributed by atoms with Gasteiger partial charge in [-0.1, -0.05) is 32.9 Å². The second-order valence-electron chi connectivity index (χ2n) is 4.70. The van der Waals surface area contributed by atoms with Crippen molar-refractivity contribution in [3.8, 4) is 0 Å². The molecular weight excluding hydrogens is 228 g/mol. The Bertz CT molecular complexity index is 229. The molecule has 0 aliphatic rings. The molecule has 1 atom stereocenters. The molecule has 0 aliphatic heterocycles. The molecular formula is C13H30N4O. The zero-order valence-corrected chi connectivity index (χ0v) is 12.4. The van der Waals surface area contributed by atoms with Gasteiger partial charge in [0.05, 0.1) is 0 Å². The third-order valence-corrected chi connectivity index (χ3v) is 3.44. The molecule has 5 nitrogen and oxygen atoms in total. The van der Waals surface area contributed by atoms with Crippen molar-refractivity contribution in [3.63, 3.8) is 0 Å². The van der Waals surface area contributed by atoms with Crippen LogP contribution in [0, 0.1) is 5.92 Å². The average Bonchev–Trinajstić information content (AvgIpc) is 2.40. The van der Waals surface area contributed by atoms with Gasteiger partial charge < -0.3 is 20.7 Å². The number of oxime groups is 1. The maximum atomic E-state index is 8.64. The van der Waals surface area contributed by atoms with Crippen LogP contribution in [-0.4, -0.2) is 60.1 Å². The monoisotopic (exact) mass is 258 g/mol. The van der Waals surface area contributed by atoms with E-state index >= 15 is 0 Å². The first-order chi connectivity index (χ1) is 8.58. The van der Waals surface area contributed by atoms with E-state index in [2.05, 4.69) is 35.7 Å². The predicted molar refractivity (Wildman–Crippen MR) is 77.1 cm³/mol. The molecule has 0 saturated heterocycles.